The molecule has 3 heteroatoms. The molecule has 0 saturated carbocycles. The first-order valence-electron chi connectivity index (χ1n) is 7.42. The number of fused-ring (bicyclic) bond motifs is 1. The Bertz CT molecular complexity index is 604. The van der Waals surface area contributed by atoms with Crippen LogP contribution in [0, 0.1) is 5.92 Å². The first-order valence-corrected chi connectivity index (χ1v) is 7.42. The predicted molar refractivity (Wildman–Crippen MR) is 86.1 cm³/mol. The quantitative estimate of drug-likeness (QED) is 0.761. The summed E-state index contributed by atoms with van der Waals surface area (Å²) in [4.78, 5) is 13.9. The Morgan fingerprint density at radius 1 is 1.19 bits per heavy atom. The zero-order valence-electron chi connectivity index (χ0n) is 13.0. The number of ether oxygens (including phenoxy) is 1. The Hall–Kier alpha value is -1.87. The smallest absolute Gasteiger partial charge is 0.309 e. The van der Waals surface area contributed by atoms with Gasteiger partial charge in [-0.3, -0.25) is 9.69 Å². The van der Waals surface area contributed by atoms with Crippen LogP contribution in [0.5, 0.6) is 0 Å². The lowest BCUT2D eigenvalue weighted by Gasteiger charge is -2.24. The molecule has 0 heterocycles. The van der Waals surface area contributed by atoms with E-state index in [4.69, 9.17) is 4.74 Å². The standard InChI is InChI=1S/C18H23NO2/c1-4-19(12-14(2)18(20)21-3)13-16-10-7-9-15-8-5-6-11-17(15)16/h5-11,14H,4,12-13H2,1-3H3. The van der Waals surface area contributed by atoms with Crippen LogP contribution in [-0.4, -0.2) is 31.1 Å². The number of hydrogen-bond acceptors (Lipinski definition) is 3. The summed E-state index contributed by atoms with van der Waals surface area (Å²) in [6.07, 6.45) is 0. The minimum atomic E-state index is -0.147. The number of hydrogen-bond donors (Lipinski definition) is 0. The molecule has 0 radical (unpaired) electrons. The highest BCUT2D eigenvalue weighted by atomic mass is 16.5. The number of nitrogens with zero attached hydrogens (tertiary/aromatic N) is 1. The molecular formula is C18H23NO2. The third-order valence-electron chi connectivity index (χ3n) is 3.86. The second-order valence-electron chi connectivity index (χ2n) is 5.39. The van der Waals surface area contributed by atoms with E-state index in [1.807, 2.05) is 6.92 Å². The molecule has 2 rings (SSSR count). The summed E-state index contributed by atoms with van der Waals surface area (Å²) in [6.45, 7) is 6.50. The summed E-state index contributed by atoms with van der Waals surface area (Å²) < 4.78 is 4.81. The van der Waals surface area contributed by atoms with Crippen molar-refractivity contribution in [3.05, 3.63) is 48.0 Å². The molecule has 0 saturated heterocycles. The van der Waals surface area contributed by atoms with Gasteiger partial charge in [-0.2, -0.15) is 0 Å². The lowest BCUT2D eigenvalue weighted by molar-refractivity contribution is -0.145. The van der Waals surface area contributed by atoms with Crippen molar-refractivity contribution in [1.29, 1.82) is 0 Å². The largest absolute Gasteiger partial charge is 0.469 e. The fraction of sp³-hybridized carbons (Fsp3) is 0.389. The van der Waals surface area contributed by atoms with Crippen LogP contribution in [0.1, 0.15) is 19.4 Å². The molecule has 0 aliphatic carbocycles. The maximum absolute atomic E-state index is 11.6. The third-order valence-corrected chi connectivity index (χ3v) is 3.86. The van der Waals surface area contributed by atoms with E-state index in [0.717, 1.165) is 13.1 Å². The Balaban J connectivity index is 2.15. The van der Waals surface area contributed by atoms with Crippen molar-refractivity contribution in [3.63, 3.8) is 0 Å². The van der Waals surface area contributed by atoms with E-state index in [1.165, 1.54) is 23.4 Å². The number of rotatable bonds is 6. The Labute approximate surface area is 126 Å². The van der Waals surface area contributed by atoms with E-state index in [9.17, 15) is 4.79 Å². The fourth-order valence-corrected chi connectivity index (χ4v) is 2.64. The van der Waals surface area contributed by atoms with Crippen LogP contribution in [0.3, 0.4) is 0 Å². The molecule has 1 unspecified atom stereocenters. The van der Waals surface area contributed by atoms with Gasteiger partial charge in [-0.1, -0.05) is 56.3 Å². The molecule has 0 spiro atoms. The summed E-state index contributed by atoms with van der Waals surface area (Å²) in [5.41, 5.74) is 1.30. The second kappa shape index (κ2) is 7.23. The molecule has 0 bridgehead atoms. The maximum atomic E-state index is 11.6. The molecule has 0 aliphatic rings. The molecule has 21 heavy (non-hydrogen) atoms. The summed E-state index contributed by atoms with van der Waals surface area (Å²) >= 11 is 0. The molecule has 112 valence electrons. The molecule has 0 amide bonds. The van der Waals surface area contributed by atoms with Gasteiger partial charge in [-0.15, -0.1) is 0 Å². The molecule has 0 aliphatic heterocycles. The summed E-state index contributed by atoms with van der Waals surface area (Å²) in [5.74, 6) is -0.253. The monoisotopic (exact) mass is 285 g/mol. The zero-order valence-corrected chi connectivity index (χ0v) is 13.0. The lowest BCUT2D eigenvalue weighted by atomic mass is 10.0. The first-order chi connectivity index (χ1) is 10.2. The minimum Gasteiger partial charge on any atom is -0.469 e. The molecular weight excluding hydrogens is 262 g/mol. The highest BCUT2D eigenvalue weighted by Crippen LogP contribution is 2.20. The van der Waals surface area contributed by atoms with Crippen LogP contribution in [0.15, 0.2) is 42.5 Å². The van der Waals surface area contributed by atoms with Crippen LogP contribution in [0.25, 0.3) is 10.8 Å². The third kappa shape index (κ3) is 3.82. The number of benzene rings is 2. The van der Waals surface area contributed by atoms with Crippen LogP contribution in [-0.2, 0) is 16.1 Å². The second-order valence-corrected chi connectivity index (χ2v) is 5.39. The van der Waals surface area contributed by atoms with Crippen molar-refractivity contribution < 1.29 is 9.53 Å². The van der Waals surface area contributed by atoms with E-state index in [0.29, 0.717) is 6.54 Å². The van der Waals surface area contributed by atoms with Gasteiger partial charge in [0, 0.05) is 13.1 Å². The van der Waals surface area contributed by atoms with Gasteiger partial charge in [0.1, 0.15) is 0 Å². The van der Waals surface area contributed by atoms with Gasteiger partial charge < -0.3 is 4.74 Å². The van der Waals surface area contributed by atoms with E-state index >= 15 is 0 Å². The maximum Gasteiger partial charge on any atom is 0.309 e. The SMILES string of the molecule is CCN(Cc1cccc2ccccc12)CC(C)C(=O)OC. The first kappa shape index (κ1) is 15.5. The Morgan fingerprint density at radius 2 is 1.90 bits per heavy atom. The van der Waals surface area contributed by atoms with Crippen molar-refractivity contribution in [2.45, 2.75) is 20.4 Å². The lowest BCUT2D eigenvalue weighted by Crippen LogP contribution is -2.32. The van der Waals surface area contributed by atoms with Gasteiger partial charge in [0.25, 0.3) is 0 Å². The molecule has 0 fully saturated rings. The van der Waals surface area contributed by atoms with Crippen LogP contribution >= 0.6 is 0 Å². The van der Waals surface area contributed by atoms with Gasteiger partial charge in [-0.25, -0.2) is 0 Å². The molecule has 0 aromatic heterocycles. The predicted octanol–water partition coefficient (Wildman–Crippen LogP) is 3.47. The van der Waals surface area contributed by atoms with Crippen molar-refractivity contribution in [2.75, 3.05) is 20.2 Å². The highest BCUT2D eigenvalue weighted by molar-refractivity contribution is 5.85. The van der Waals surface area contributed by atoms with E-state index < -0.39 is 0 Å². The topological polar surface area (TPSA) is 29.5 Å². The van der Waals surface area contributed by atoms with E-state index in [-0.39, 0.29) is 11.9 Å². The van der Waals surface area contributed by atoms with E-state index in [1.54, 1.807) is 0 Å². The van der Waals surface area contributed by atoms with Crippen molar-refractivity contribution in [3.8, 4) is 0 Å². The zero-order chi connectivity index (χ0) is 15.2. The summed E-state index contributed by atoms with van der Waals surface area (Å²) in [7, 11) is 1.44. The van der Waals surface area contributed by atoms with Gasteiger partial charge in [0.15, 0.2) is 0 Å². The van der Waals surface area contributed by atoms with Crippen LogP contribution in [0.2, 0.25) is 0 Å². The van der Waals surface area contributed by atoms with Gasteiger partial charge >= 0.3 is 5.97 Å². The van der Waals surface area contributed by atoms with Crippen molar-refractivity contribution in [2.24, 2.45) is 5.92 Å². The molecule has 1 atom stereocenters. The van der Waals surface area contributed by atoms with Crippen LogP contribution in [0.4, 0.5) is 0 Å². The number of methoxy groups -OCH3 is 1. The summed E-state index contributed by atoms with van der Waals surface area (Å²) in [5, 5.41) is 2.54. The van der Waals surface area contributed by atoms with Gasteiger partial charge in [0.05, 0.1) is 13.0 Å². The van der Waals surface area contributed by atoms with Gasteiger partial charge in [0.2, 0.25) is 0 Å². The average molecular weight is 285 g/mol. The molecule has 2 aromatic carbocycles. The molecule has 2 aromatic rings. The minimum absolute atomic E-state index is 0.107. The molecule has 0 N–H and O–H groups in total. The van der Waals surface area contributed by atoms with Crippen molar-refractivity contribution in [1.82, 2.24) is 4.90 Å². The van der Waals surface area contributed by atoms with Crippen molar-refractivity contribution >= 4 is 16.7 Å². The highest BCUT2D eigenvalue weighted by Gasteiger charge is 2.17. The van der Waals surface area contributed by atoms with Gasteiger partial charge in [-0.05, 0) is 22.9 Å². The Morgan fingerprint density at radius 3 is 2.62 bits per heavy atom. The number of carbonyl (C=O) groups excluding carboxylic acids is 1. The van der Waals surface area contributed by atoms with E-state index in [2.05, 4.69) is 54.3 Å². The van der Waals surface area contributed by atoms with Crippen LogP contribution < -0.4 is 0 Å². The number of esters is 1. The molecule has 3 nitrogen and oxygen atoms in total. The number of carbonyl (C=O) groups is 1. The normalized spacial score (nSPS) is 12.6. The fourth-order valence-electron chi connectivity index (χ4n) is 2.64. The summed E-state index contributed by atoms with van der Waals surface area (Å²) in [6, 6.07) is 14.8. The Kier molecular flexibility index (Phi) is 5.34. The average Bonchev–Trinajstić information content (AvgIpc) is 2.53.